The monoisotopic (exact) mass is 366 g/mol. The van der Waals surface area contributed by atoms with Gasteiger partial charge in [0.2, 0.25) is 5.95 Å². The normalized spacial score (nSPS) is 11.0. The first-order valence-corrected chi connectivity index (χ1v) is 8.34. The molecule has 0 aliphatic rings. The Morgan fingerprint density at radius 1 is 1.19 bits per heavy atom. The largest absolute Gasteiger partial charge is 0.465 e. The Morgan fingerprint density at radius 3 is 2.77 bits per heavy atom. The summed E-state index contributed by atoms with van der Waals surface area (Å²) in [5.74, 6) is 0.150. The lowest BCUT2D eigenvalue weighted by Crippen LogP contribution is -2.04. The fraction of sp³-hybridized carbons (Fsp3) is 0.105. The van der Waals surface area contributed by atoms with Crippen molar-refractivity contribution < 1.29 is 9.53 Å². The minimum Gasteiger partial charge on any atom is -0.465 e. The number of aryl methyl sites for hydroxylation is 1. The zero-order valence-corrected chi connectivity index (χ0v) is 14.9. The van der Waals surface area contributed by atoms with Gasteiger partial charge >= 0.3 is 5.97 Å². The number of esters is 1. The van der Waals surface area contributed by atoms with E-state index in [0.717, 1.165) is 22.4 Å². The van der Waals surface area contributed by atoms with Crippen molar-refractivity contribution in [2.24, 2.45) is 0 Å². The summed E-state index contributed by atoms with van der Waals surface area (Å²) in [5, 5.41) is 4.68. The molecule has 1 N–H and O–H groups in total. The van der Waals surface area contributed by atoms with Gasteiger partial charge in [-0.05, 0) is 37.3 Å². The Morgan fingerprint density at radius 2 is 2.00 bits per heavy atom. The van der Waals surface area contributed by atoms with Crippen LogP contribution in [-0.2, 0) is 4.74 Å². The van der Waals surface area contributed by atoms with Crippen molar-refractivity contribution in [3.05, 3.63) is 64.9 Å². The van der Waals surface area contributed by atoms with E-state index in [1.807, 2.05) is 41.8 Å². The molecule has 0 spiro atoms. The minimum atomic E-state index is -0.409. The molecular formula is C19H15ClN4O2. The van der Waals surface area contributed by atoms with Crippen LogP contribution in [0.1, 0.15) is 16.1 Å². The van der Waals surface area contributed by atoms with Gasteiger partial charge in [-0.3, -0.25) is 4.40 Å². The lowest BCUT2D eigenvalue weighted by atomic mass is 10.1. The van der Waals surface area contributed by atoms with Crippen LogP contribution in [0.2, 0.25) is 5.02 Å². The summed E-state index contributed by atoms with van der Waals surface area (Å²) >= 11 is 6.26. The van der Waals surface area contributed by atoms with Crippen LogP contribution < -0.4 is 5.32 Å². The smallest absolute Gasteiger partial charge is 0.337 e. The highest BCUT2D eigenvalue weighted by Crippen LogP contribution is 2.28. The molecule has 0 bridgehead atoms. The first kappa shape index (κ1) is 16.4. The third-order valence-corrected chi connectivity index (χ3v) is 4.39. The van der Waals surface area contributed by atoms with E-state index in [4.69, 9.17) is 16.3 Å². The molecule has 6 nitrogen and oxygen atoms in total. The molecule has 0 aliphatic heterocycles. The van der Waals surface area contributed by atoms with Crippen molar-refractivity contribution in [2.45, 2.75) is 6.92 Å². The molecule has 0 saturated carbocycles. The standard InChI is InChI=1S/C19H15ClN4O2/c1-11-10-24-17(21-11)13-8-7-12(18(25)26-2)9-16(13)23-19(24)22-15-6-4-3-5-14(15)20/h3-10H,1-2H3,(H,22,23). The second-order valence-electron chi connectivity index (χ2n) is 5.84. The molecule has 2 aromatic carbocycles. The van der Waals surface area contributed by atoms with Crippen LogP contribution in [-0.4, -0.2) is 27.4 Å². The van der Waals surface area contributed by atoms with Gasteiger partial charge < -0.3 is 10.1 Å². The number of rotatable bonds is 3. The maximum Gasteiger partial charge on any atom is 0.337 e. The number of imidazole rings is 1. The van der Waals surface area contributed by atoms with Crippen LogP contribution >= 0.6 is 11.6 Å². The number of hydrogen-bond donors (Lipinski definition) is 1. The van der Waals surface area contributed by atoms with Gasteiger partial charge in [0.1, 0.15) is 5.65 Å². The van der Waals surface area contributed by atoms with Gasteiger partial charge in [-0.1, -0.05) is 23.7 Å². The molecule has 2 heterocycles. The van der Waals surface area contributed by atoms with E-state index in [-0.39, 0.29) is 0 Å². The van der Waals surface area contributed by atoms with Crippen molar-refractivity contribution in [3.63, 3.8) is 0 Å². The summed E-state index contributed by atoms with van der Waals surface area (Å²) in [6.07, 6.45) is 1.90. The number of anilines is 2. The highest BCUT2D eigenvalue weighted by Gasteiger charge is 2.14. The van der Waals surface area contributed by atoms with E-state index < -0.39 is 5.97 Å². The summed E-state index contributed by atoms with van der Waals surface area (Å²) in [7, 11) is 1.35. The Hall–Kier alpha value is -3.12. The third kappa shape index (κ3) is 2.74. The number of carbonyl (C=O) groups is 1. The number of aromatic nitrogens is 3. The number of methoxy groups -OCH3 is 1. The Labute approximate surface area is 154 Å². The molecule has 0 aliphatic carbocycles. The zero-order chi connectivity index (χ0) is 18.3. The summed E-state index contributed by atoms with van der Waals surface area (Å²) < 4.78 is 6.67. The lowest BCUT2D eigenvalue weighted by molar-refractivity contribution is 0.0601. The van der Waals surface area contributed by atoms with Crippen LogP contribution in [0.3, 0.4) is 0 Å². The maximum absolute atomic E-state index is 11.8. The van der Waals surface area contributed by atoms with Crippen LogP contribution in [0.15, 0.2) is 48.7 Å². The van der Waals surface area contributed by atoms with Crippen LogP contribution in [0, 0.1) is 6.92 Å². The second-order valence-corrected chi connectivity index (χ2v) is 6.25. The molecule has 4 rings (SSSR count). The molecule has 130 valence electrons. The zero-order valence-electron chi connectivity index (χ0n) is 14.2. The highest BCUT2D eigenvalue weighted by atomic mass is 35.5. The van der Waals surface area contributed by atoms with E-state index in [2.05, 4.69) is 15.3 Å². The molecule has 0 radical (unpaired) electrons. The summed E-state index contributed by atoms with van der Waals surface area (Å²) in [4.78, 5) is 21.1. The number of carbonyl (C=O) groups excluding carboxylic acids is 1. The van der Waals surface area contributed by atoms with Crippen molar-refractivity contribution in [2.75, 3.05) is 12.4 Å². The number of halogens is 1. The molecular weight excluding hydrogens is 352 g/mol. The van der Waals surface area contributed by atoms with Crippen molar-refractivity contribution >= 4 is 45.8 Å². The molecule has 0 amide bonds. The average molecular weight is 367 g/mol. The van der Waals surface area contributed by atoms with E-state index in [1.165, 1.54) is 7.11 Å². The van der Waals surface area contributed by atoms with Gasteiger partial charge in [0.15, 0.2) is 0 Å². The number of benzene rings is 2. The molecule has 4 aromatic rings. The van der Waals surface area contributed by atoms with Crippen LogP contribution in [0.5, 0.6) is 0 Å². The number of hydrogen-bond acceptors (Lipinski definition) is 5. The van der Waals surface area contributed by atoms with Crippen molar-refractivity contribution in [3.8, 4) is 0 Å². The average Bonchev–Trinajstić information content (AvgIpc) is 3.04. The number of para-hydroxylation sites is 1. The van der Waals surface area contributed by atoms with Gasteiger partial charge in [-0.2, -0.15) is 0 Å². The van der Waals surface area contributed by atoms with E-state index in [0.29, 0.717) is 22.1 Å². The topological polar surface area (TPSA) is 68.5 Å². The van der Waals surface area contributed by atoms with Crippen molar-refractivity contribution in [1.29, 1.82) is 0 Å². The Bertz CT molecular complexity index is 1150. The molecule has 26 heavy (non-hydrogen) atoms. The van der Waals surface area contributed by atoms with Crippen molar-refractivity contribution in [1.82, 2.24) is 14.4 Å². The predicted molar refractivity (Wildman–Crippen MR) is 101 cm³/mol. The van der Waals surface area contributed by atoms with Gasteiger partial charge in [0.25, 0.3) is 0 Å². The number of ether oxygens (including phenoxy) is 1. The predicted octanol–water partition coefficient (Wildman–Crippen LogP) is 4.37. The quantitative estimate of drug-likeness (QED) is 0.545. The Balaban J connectivity index is 1.94. The number of fused-ring (bicyclic) bond motifs is 3. The maximum atomic E-state index is 11.8. The molecule has 0 unspecified atom stereocenters. The van der Waals surface area contributed by atoms with Gasteiger partial charge in [-0.25, -0.2) is 14.8 Å². The molecule has 2 aromatic heterocycles. The van der Waals surface area contributed by atoms with E-state index in [9.17, 15) is 4.79 Å². The highest BCUT2D eigenvalue weighted by molar-refractivity contribution is 6.33. The summed E-state index contributed by atoms with van der Waals surface area (Å²) in [6.45, 7) is 1.92. The van der Waals surface area contributed by atoms with Crippen LogP contribution in [0.25, 0.3) is 16.6 Å². The van der Waals surface area contributed by atoms with Gasteiger partial charge in [0, 0.05) is 11.6 Å². The number of nitrogens with one attached hydrogen (secondary N) is 1. The molecule has 0 saturated heterocycles. The second kappa shape index (κ2) is 6.31. The van der Waals surface area contributed by atoms with Gasteiger partial charge in [0.05, 0.1) is 34.6 Å². The SMILES string of the molecule is COC(=O)c1ccc2c(c1)nc(Nc1ccccc1Cl)n1cc(C)nc21. The van der Waals surface area contributed by atoms with E-state index >= 15 is 0 Å². The molecule has 0 fully saturated rings. The number of nitrogens with zero attached hydrogens (tertiary/aromatic N) is 3. The molecule has 0 atom stereocenters. The fourth-order valence-corrected chi connectivity index (χ4v) is 3.03. The third-order valence-electron chi connectivity index (χ3n) is 4.06. The van der Waals surface area contributed by atoms with E-state index in [1.54, 1.807) is 18.2 Å². The molecule has 7 heteroatoms. The van der Waals surface area contributed by atoms with Crippen LogP contribution in [0.4, 0.5) is 11.6 Å². The first-order valence-electron chi connectivity index (χ1n) is 7.96. The first-order chi connectivity index (χ1) is 12.6. The summed E-state index contributed by atoms with van der Waals surface area (Å²) in [6, 6.07) is 12.7. The summed E-state index contributed by atoms with van der Waals surface area (Å²) in [5.41, 5.74) is 3.42. The van der Waals surface area contributed by atoms with Gasteiger partial charge in [-0.15, -0.1) is 0 Å². The fourth-order valence-electron chi connectivity index (χ4n) is 2.85. The Kier molecular flexibility index (Phi) is 3.97. The lowest BCUT2D eigenvalue weighted by Gasteiger charge is -2.11. The minimum absolute atomic E-state index is 0.409.